The zero-order valence-corrected chi connectivity index (χ0v) is 15.3. The summed E-state index contributed by atoms with van der Waals surface area (Å²) in [4.78, 5) is 30.1. The number of amides is 3. The molecule has 0 unspecified atom stereocenters. The summed E-state index contributed by atoms with van der Waals surface area (Å²) >= 11 is 0. The van der Waals surface area contributed by atoms with E-state index >= 15 is 0 Å². The van der Waals surface area contributed by atoms with Crippen molar-refractivity contribution in [1.82, 2.24) is 14.9 Å². The third-order valence-corrected chi connectivity index (χ3v) is 5.01. The van der Waals surface area contributed by atoms with Gasteiger partial charge < -0.3 is 10.2 Å². The molecule has 2 aromatic rings. The molecule has 2 aliphatic rings. The van der Waals surface area contributed by atoms with Crippen molar-refractivity contribution in [2.45, 2.75) is 26.4 Å². The van der Waals surface area contributed by atoms with Crippen LogP contribution >= 0.6 is 0 Å². The van der Waals surface area contributed by atoms with Gasteiger partial charge in [0.25, 0.3) is 0 Å². The maximum absolute atomic E-state index is 12.5. The summed E-state index contributed by atoms with van der Waals surface area (Å²) in [6, 6.07) is 9.40. The van der Waals surface area contributed by atoms with E-state index < -0.39 is 0 Å². The molecular weight excluding hydrogens is 342 g/mol. The number of carbonyl (C=O) groups is 2. The minimum atomic E-state index is -0.132. The smallest absolute Gasteiger partial charge is 0.316 e. The summed E-state index contributed by atoms with van der Waals surface area (Å²) in [5.74, 6) is 0.0998. The number of nitrogens with one attached hydrogen (secondary N) is 1. The topological polar surface area (TPSA) is 77.9 Å². The van der Waals surface area contributed by atoms with Gasteiger partial charge in [-0.05, 0) is 34.9 Å². The molecule has 1 atom stereocenters. The van der Waals surface area contributed by atoms with Gasteiger partial charge in [-0.1, -0.05) is 19.1 Å². The van der Waals surface area contributed by atoms with E-state index in [-0.39, 0.29) is 17.9 Å². The summed E-state index contributed by atoms with van der Waals surface area (Å²) < 4.78 is 0. The van der Waals surface area contributed by atoms with Crippen molar-refractivity contribution < 1.29 is 9.59 Å². The SMILES string of the molecule is C[C@@H]1CC(=O)N(C)N=C1c1ccc(NC(=O)N2Cc3ccncc3C2)cc1. The molecule has 0 spiro atoms. The first kappa shape index (κ1) is 17.2. The van der Waals surface area contributed by atoms with E-state index in [1.807, 2.05) is 43.5 Å². The van der Waals surface area contributed by atoms with Crippen molar-refractivity contribution in [2.75, 3.05) is 12.4 Å². The summed E-state index contributed by atoms with van der Waals surface area (Å²) in [5.41, 5.74) is 4.80. The van der Waals surface area contributed by atoms with Crippen LogP contribution in [0.25, 0.3) is 0 Å². The normalized spacial score (nSPS) is 19.0. The number of fused-ring (bicyclic) bond motifs is 1. The minimum Gasteiger partial charge on any atom is -0.316 e. The second-order valence-corrected chi connectivity index (χ2v) is 7.02. The zero-order valence-electron chi connectivity index (χ0n) is 15.3. The molecule has 7 nitrogen and oxygen atoms in total. The summed E-state index contributed by atoms with van der Waals surface area (Å²) in [5, 5.41) is 8.72. The fourth-order valence-corrected chi connectivity index (χ4v) is 3.44. The molecule has 138 valence electrons. The quantitative estimate of drug-likeness (QED) is 0.891. The molecule has 0 saturated carbocycles. The number of urea groups is 1. The van der Waals surface area contributed by atoms with Crippen LogP contribution in [-0.2, 0) is 17.9 Å². The van der Waals surface area contributed by atoms with Crippen LogP contribution in [-0.4, -0.2) is 39.6 Å². The molecule has 1 N–H and O–H groups in total. The Hall–Kier alpha value is -3.22. The number of hydrazone groups is 1. The molecule has 0 fully saturated rings. The number of hydrogen-bond donors (Lipinski definition) is 1. The molecule has 3 heterocycles. The lowest BCUT2D eigenvalue weighted by Gasteiger charge is -2.25. The van der Waals surface area contributed by atoms with E-state index in [0.717, 1.165) is 28.1 Å². The van der Waals surface area contributed by atoms with Gasteiger partial charge in [-0.25, -0.2) is 9.80 Å². The summed E-state index contributed by atoms with van der Waals surface area (Å²) in [6.07, 6.45) is 4.02. The van der Waals surface area contributed by atoms with Gasteiger partial charge in [-0.15, -0.1) is 0 Å². The number of aromatic nitrogens is 1. The van der Waals surface area contributed by atoms with Gasteiger partial charge >= 0.3 is 6.03 Å². The third kappa shape index (κ3) is 3.40. The molecule has 4 rings (SSSR count). The molecule has 0 aliphatic carbocycles. The second-order valence-electron chi connectivity index (χ2n) is 7.02. The first-order chi connectivity index (χ1) is 13.0. The lowest BCUT2D eigenvalue weighted by molar-refractivity contribution is -0.131. The molecule has 2 aliphatic heterocycles. The van der Waals surface area contributed by atoms with Crippen molar-refractivity contribution in [2.24, 2.45) is 11.0 Å². The molecule has 3 amide bonds. The van der Waals surface area contributed by atoms with Gasteiger partial charge in [0.15, 0.2) is 0 Å². The van der Waals surface area contributed by atoms with Gasteiger partial charge in [0, 0.05) is 50.6 Å². The number of hydrogen-bond acceptors (Lipinski definition) is 4. The Morgan fingerprint density at radius 1 is 1.15 bits per heavy atom. The molecule has 0 saturated heterocycles. The summed E-state index contributed by atoms with van der Waals surface area (Å²) in [6.45, 7) is 3.16. The fourth-order valence-electron chi connectivity index (χ4n) is 3.44. The van der Waals surface area contributed by atoms with Crippen LogP contribution < -0.4 is 5.32 Å². The second kappa shape index (κ2) is 6.83. The third-order valence-electron chi connectivity index (χ3n) is 5.01. The van der Waals surface area contributed by atoms with E-state index in [1.54, 1.807) is 18.1 Å². The molecule has 0 radical (unpaired) electrons. The van der Waals surface area contributed by atoms with Gasteiger partial charge in [0.05, 0.1) is 5.71 Å². The van der Waals surface area contributed by atoms with Crippen molar-refractivity contribution in [1.29, 1.82) is 0 Å². The van der Waals surface area contributed by atoms with E-state index in [0.29, 0.717) is 19.5 Å². The number of carbonyl (C=O) groups excluding carboxylic acids is 2. The van der Waals surface area contributed by atoms with Gasteiger partial charge in [0.1, 0.15) is 0 Å². The summed E-state index contributed by atoms with van der Waals surface area (Å²) in [7, 11) is 1.67. The van der Waals surface area contributed by atoms with Crippen LogP contribution in [0, 0.1) is 5.92 Å². The first-order valence-electron chi connectivity index (χ1n) is 8.94. The van der Waals surface area contributed by atoms with Crippen LogP contribution in [0.1, 0.15) is 30.0 Å². The Bertz CT molecular complexity index is 897. The predicted molar refractivity (Wildman–Crippen MR) is 102 cm³/mol. The van der Waals surface area contributed by atoms with Gasteiger partial charge in [0.2, 0.25) is 5.91 Å². The molecule has 27 heavy (non-hydrogen) atoms. The Morgan fingerprint density at radius 3 is 2.63 bits per heavy atom. The maximum atomic E-state index is 12.5. The van der Waals surface area contributed by atoms with E-state index in [1.165, 1.54) is 5.01 Å². The number of rotatable bonds is 2. The van der Waals surface area contributed by atoms with E-state index in [9.17, 15) is 9.59 Å². The highest BCUT2D eigenvalue weighted by molar-refractivity contribution is 6.06. The lowest BCUT2D eigenvalue weighted by Crippen LogP contribution is -2.33. The zero-order chi connectivity index (χ0) is 19.0. The van der Waals surface area contributed by atoms with Gasteiger partial charge in [-0.3, -0.25) is 9.78 Å². The first-order valence-corrected chi connectivity index (χ1v) is 8.94. The molecule has 1 aromatic heterocycles. The Labute approximate surface area is 157 Å². The van der Waals surface area contributed by atoms with Crippen LogP contribution in [0.15, 0.2) is 47.8 Å². The average molecular weight is 363 g/mol. The van der Waals surface area contributed by atoms with Crippen LogP contribution in [0.3, 0.4) is 0 Å². The lowest BCUT2D eigenvalue weighted by atomic mass is 9.94. The monoisotopic (exact) mass is 363 g/mol. The molecule has 1 aromatic carbocycles. The average Bonchev–Trinajstić information content (AvgIpc) is 3.10. The highest BCUT2D eigenvalue weighted by Crippen LogP contribution is 2.24. The minimum absolute atomic E-state index is 0.0249. The number of pyridine rings is 1. The van der Waals surface area contributed by atoms with Crippen molar-refractivity contribution >= 4 is 23.3 Å². The van der Waals surface area contributed by atoms with Crippen molar-refractivity contribution in [3.05, 3.63) is 59.4 Å². The van der Waals surface area contributed by atoms with Crippen LogP contribution in [0.5, 0.6) is 0 Å². The molecular formula is C20H21N5O2. The number of nitrogens with zero attached hydrogens (tertiary/aromatic N) is 4. The van der Waals surface area contributed by atoms with Crippen LogP contribution in [0.4, 0.5) is 10.5 Å². The van der Waals surface area contributed by atoms with Gasteiger partial charge in [-0.2, -0.15) is 5.10 Å². The number of anilines is 1. The van der Waals surface area contributed by atoms with Crippen LogP contribution in [0.2, 0.25) is 0 Å². The highest BCUT2D eigenvalue weighted by atomic mass is 16.2. The Morgan fingerprint density at radius 2 is 1.89 bits per heavy atom. The Kier molecular flexibility index (Phi) is 4.35. The standard InChI is InChI=1S/C20H21N5O2/c1-13-9-18(26)24(2)23-19(13)14-3-5-17(6-4-14)22-20(27)25-11-15-7-8-21-10-16(15)12-25/h3-8,10,13H,9,11-12H2,1-2H3,(H,22,27)/t13-/m1/s1. The highest BCUT2D eigenvalue weighted by Gasteiger charge is 2.26. The largest absolute Gasteiger partial charge is 0.322 e. The molecule has 0 bridgehead atoms. The fraction of sp³-hybridized carbons (Fsp3) is 0.300. The van der Waals surface area contributed by atoms with Crippen molar-refractivity contribution in [3.63, 3.8) is 0 Å². The van der Waals surface area contributed by atoms with E-state index in [4.69, 9.17) is 0 Å². The van der Waals surface area contributed by atoms with Crippen molar-refractivity contribution in [3.8, 4) is 0 Å². The number of benzene rings is 1. The maximum Gasteiger partial charge on any atom is 0.322 e. The predicted octanol–water partition coefficient (Wildman–Crippen LogP) is 2.83. The van der Waals surface area contributed by atoms with E-state index in [2.05, 4.69) is 15.4 Å². The Balaban J connectivity index is 1.44. The molecule has 7 heteroatoms.